The summed E-state index contributed by atoms with van der Waals surface area (Å²) in [7, 11) is 0. The van der Waals surface area contributed by atoms with Crippen molar-refractivity contribution in [3.05, 3.63) is 68.8 Å². The first kappa shape index (κ1) is 33.6. The van der Waals surface area contributed by atoms with Gasteiger partial charge in [0.05, 0.1) is 0 Å². The molecular formula is C39H64. The quantitative estimate of drug-likeness (QED) is 0.227. The number of rotatable bonds is 14. The molecule has 0 nitrogen and oxygen atoms in total. The van der Waals surface area contributed by atoms with Gasteiger partial charge in [-0.05, 0) is 119 Å². The third kappa shape index (κ3) is 6.68. The van der Waals surface area contributed by atoms with Gasteiger partial charge in [0.2, 0.25) is 0 Å². The zero-order chi connectivity index (χ0) is 29.7. The summed E-state index contributed by atoms with van der Waals surface area (Å²) in [4.78, 5) is 0. The minimum absolute atomic E-state index is 0.0814. The van der Waals surface area contributed by atoms with Crippen LogP contribution in [0, 0.1) is 0 Å². The van der Waals surface area contributed by atoms with E-state index >= 15 is 0 Å². The summed E-state index contributed by atoms with van der Waals surface area (Å²) in [6, 6.07) is 10.1. The van der Waals surface area contributed by atoms with Crippen LogP contribution in [-0.4, -0.2) is 0 Å². The summed E-state index contributed by atoms with van der Waals surface area (Å²) in [5.74, 6) is 3.33. The monoisotopic (exact) mass is 533 g/mol. The molecule has 39 heavy (non-hydrogen) atoms. The number of benzene rings is 2. The highest BCUT2D eigenvalue weighted by molar-refractivity contribution is 5.59. The molecule has 6 atom stereocenters. The molecule has 220 valence electrons. The van der Waals surface area contributed by atoms with Crippen molar-refractivity contribution in [2.24, 2.45) is 0 Å². The van der Waals surface area contributed by atoms with Crippen molar-refractivity contribution in [3.8, 4) is 0 Å². The van der Waals surface area contributed by atoms with E-state index in [4.69, 9.17) is 0 Å². The Morgan fingerprint density at radius 1 is 0.410 bits per heavy atom. The first-order valence-corrected chi connectivity index (χ1v) is 16.7. The maximum absolute atomic E-state index is 2.59. The van der Waals surface area contributed by atoms with Gasteiger partial charge >= 0.3 is 0 Å². The molecule has 0 saturated heterocycles. The summed E-state index contributed by atoms with van der Waals surface area (Å²) >= 11 is 0. The molecule has 2 rings (SSSR count). The SMILES string of the molecule is CCC(C)c1ccc(C(C)CC)c(C(C)(C)c2c(C(C)CC)ccc(C(C)CC)c2C(C)CC)c1C(C)CC. The predicted molar refractivity (Wildman–Crippen MR) is 177 cm³/mol. The normalized spacial score (nSPS) is 17.0. The lowest BCUT2D eigenvalue weighted by molar-refractivity contribution is 0.547. The molecule has 0 amide bonds. The maximum Gasteiger partial charge on any atom is 0.0158 e. The van der Waals surface area contributed by atoms with E-state index in [0.29, 0.717) is 35.5 Å². The van der Waals surface area contributed by atoms with Gasteiger partial charge in [0.1, 0.15) is 0 Å². The Balaban J connectivity index is 3.25. The molecule has 0 aliphatic rings. The van der Waals surface area contributed by atoms with Crippen LogP contribution in [0.4, 0.5) is 0 Å². The summed E-state index contributed by atoms with van der Waals surface area (Å²) < 4.78 is 0. The van der Waals surface area contributed by atoms with Crippen LogP contribution in [0.2, 0.25) is 0 Å². The summed E-state index contributed by atoms with van der Waals surface area (Å²) in [5.41, 5.74) is 12.9. The minimum atomic E-state index is -0.0814. The molecule has 0 saturated carbocycles. The van der Waals surface area contributed by atoms with Crippen LogP contribution < -0.4 is 0 Å². The third-order valence-corrected chi connectivity index (χ3v) is 10.7. The van der Waals surface area contributed by atoms with E-state index in [1.807, 2.05) is 0 Å². The highest BCUT2D eigenvalue weighted by Gasteiger charge is 2.38. The van der Waals surface area contributed by atoms with E-state index in [0.717, 1.165) is 0 Å². The van der Waals surface area contributed by atoms with Gasteiger partial charge in [0.15, 0.2) is 0 Å². The van der Waals surface area contributed by atoms with Gasteiger partial charge in [-0.2, -0.15) is 0 Å². The smallest absolute Gasteiger partial charge is 0.0158 e. The van der Waals surface area contributed by atoms with Crippen LogP contribution in [0.15, 0.2) is 24.3 Å². The molecule has 0 fully saturated rings. The summed E-state index contributed by atoms with van der Waals surface area (Å²) in [6.45, 7) is 34.2. The molecule has 0 aliphatic carbocycles. The van der Waals surface area contributed by atoms with E-state index in [1.165, 1.54) is 38.5 Å². The second-order valence-corrected chi connectivity index (χ2v) is 13.5. The predicted octanol–water partition coefficient (Wildman–Crippen LogP) is 13.1. The van der Waals surface area contributed by atoms with Crippen LogP contribution in [0.25, 0.3) is 0 Å². The minimum Gasteiger partial charge on any atom is -0.0648 e. The number of hydrogen-bond acceptors (Lipinski definition) is 0. The van der Waals surface area contributed by atoms with Crippen LogP contribution in [0.1, 0.15) is 215 Å². The molecule has 0 bridgehead atoms. The van der Waals surface area contributed by atoms with Gasteiger partial charge in [-0.1, -0.05) is 121 Å². The van der Waals surface area contributed by atoms with Crippen molar-refractivity contribution in [1.82, 2.24) is 0 Å². The average molecular weight is 533 g/mol. The standard InChI is InChI=1S/C39H64/c1-15-25(7)31-21-23-33(27(9)17-3)37(35(31)29(11)19-5)39(13,14)38-34(28(10)18-4)24-22-32(26(8)16-2)36(38)30(12)20-6/h21-30H,15-20H2,1-14H3. The molecule has 0 spiro atoms. The molecule has 0 heterocycles. The maximum atomic E-state index is 2.59. The van der Waals surface area contributed by atoms with Gasteiger partial charge in [0.25, 0.3) is 0 Å². The second kappa shape index (κ2) is 14.4. The zero-order valence-corrected chi connectivity index (χ0v) is 28.5. The van der Waals surface area contributed by atoms with Crippen LogP contribution in [0.3, 0.4) is 0 Å². The Morgan fingerprint density at radius 3 is 0.897 bits per heavy atom. The van der Waals surface area contributed by atoms with Crippen molar-refractivity contribution in [3.63, 3.8) is 0 Å². The van der Waals surface area contributed by atoms with Crippen LogP contribution in [-0.2, 0) is 5.41 Å². The highest BCUT2D eigenvalue weighted by Crippen LogP contribution is 2.50. The lowest BCUT2D eigenvalue weighted by Crippen LogP contribution is -2.30. The molecule has 0 heteroatoms. The molecular weight excluding hydrogens is 468 g/mol. The first-order valence-electron chi connectivity index (χ1n) is 16.7. The lowest BCUT2D eigenvalue weighted by atomic mass is 9.63. The Hall–Kier alpha value is -1.56. The first-order chi connectivity index (χ1) is 18.4. The van der Waals surface area contributed by atoms with Crippen LogP contribution in [0.5, 0.6) is 0 Å². The van der Waals surface area contributed by atoms with E-state index in [2.05, 4.69) is 121 Å². The molecule has 6 unspecified atom stereocenters. The van der Waals surface area contributed by atoms with Gasteiger partial charge < -0.3 is 0 Å². The molecule has 0 N–H and O–H groups in total. The van der Waals surface area contributed by atoms with Gasteiger partial charge in [-0.3, -0.25) is 0 Å². The fourth-order valence-electron chi connectivity index (χ4n) is 6.86. The Morgan fingerprint density at radius 2 is 0.641 bits per heavy atom. The topological polar surface area (TPSA) is 0 Å². The van der Waals surface area contributed by atoms with Crippen molar-refractivity contribution in [2.45, 2.75) is 176 Å². The Labute approximate surface area is 244 Å². The Kier molecular flexibility index (Phi) is 12.4. The largest absolute Gasteiger partial charge is 0.0648 e. The fourth-order valence-corrected chi connectivity index (χ4v) is 6.86. The van der Waals surface area contributed by atoms with E-state index in [-0.39, 0.29) is 5.41 Å². The average Bonchev–Trinajstić information content (AvgIpc) is 2.96. The van der Waals surface area contributed by atoms with Crippen molar-refractivity contribution < 1.29 is 0 Å². The van der Waals surface area contributed by atoms with Crippen molar-refractivity contribution in [1.29, 1.82) is 0 Å². The summed E-state index contributed by atoms with van der Waals surface area (Å²) in [6.07, 6.45) is 7.08. The molecule has 2 aromatic carbocycles. The molecule has 0 aliphatic heterocycles. The van der Waals surface area contributed by atoms with Gasteiger partial charge in [-0.15, -0.1) is 0 Å². The highest BCUT2D eigenvalue weighted by atomic mass is 14.4. The molecule has 0 radical (unpaired) electrons. The van der Waals surface area contributed by atoms with E-state index in [1.54, 1.807) is 44.5 Å². The van der Waals surface area contributed by atoms with E-state index < -0.39 is 0 Å². The lowest BCUT2D eigenvalue weighted by Gasteiger charge is -2.41. The van der Waals surface area contributed by atoms with Gasteiger partial charge in [0, 0.05) is 5.41 Å². The van der Waals surface area contributed by atoms with E-state index in [9.17, 15) is 0 Å². The zero-order valence-electron chi connectivity index (χ0n) is 28.5. The van der Waals surface area contributed by atoms with Gasteiger partial charge in [-0.25, -0.2) is 0 Å². The molecule has 0 aromatic heterocycles. The summed E-state index contributed by atoms with van der Waals surface area (Å²) in [5, 5.41) is 0. The van der Waals surface area contributed by atoms with Crippen molar-refractivity contribution in [2.75, 3.05) is 0 Å². The Bertz CT molecular complexity index is 971. The van der Waals surface area contributed by atoms with Crippen molar-refractivity contribution >= 4 is 0 Å². The third-order valence-electron chi connectivity index (χ3n) is 10.7. The second-order valence-electron chi connectivity index (χ2n) is 13.5. The number of hydrogen-bond donors (Lipinski definition) is 0. The fraction of sp³-hybridized carbons (Fsp3) is 0.692. The molecule has 2 aromatic rings. The van der Waals surface area contributed by atoms with Crippen LogP contribution >= 0.6 is 0 Å².